The molecule has 0 spiro atoms. The van der Waals surface area contributed by atoms with Gasteiger partial charge in [0, 0.05) is 4.91 Å². The van der Waals surface area contributed by atoms with Crippen LogP contribution in [0.1, 0.15) is 62.3 Å². The van der Waals surface area contributed by atoms with E-state index >= 15 is 0 Å². The number of rotatable bonds is 21. The predicted molar refractivity (Wildman–Crippen MR) is 212 cm³/mol. The van der Waals surface area contributed by atoms with Gasteiger partial charge in [-0.25, -0.2) is 0 Å². The molecule has 56 heavy (non-hydrogen) atoms. The van der Waals surface area contributed by atoms with Crippen molar-refractivity contribution < 1.29 is 37.9 Å². The van der Waals surface area contributed by atoms with Gasteiger partial charge in [-0.05, 0) is 48.1 Å². The topological polar surface area (TPSA) is 123 Å². The fraction of sp³-hybridized carbons (Fsp3) is 0.467. The van der Waals surface area contributed by atoms with Gasteiger partial charge < -0.3 is 37.9 Å². The maximum atomic E-state index is 9.73. The van der Waals surface area contributed by atoms with Crippen molar-refractivity contribution in [3.8, 4) is 0 Å². The molecule has 8 atom stereocenters. The molecular formula is C45H55N3O8. The normalized spacial score (nSPS) is 25.0. The van der Waals surface area contributed by atoms with Crippen molar-refractivity contribution in [1.82, 2.24) is 0 Å². The second-order valence-corrected chi connectivity index (χ2v) is 14.7. The molecule has 0 aromatic heterocycles. The van der Waals surface area contributed by atoms with Crippen molar-refractivity contribution >= 4 is 0 Å². The average Bonchev–Trinajstić information content (AvgIpc) is 3.54. The van der Waals surface area contributed by atoms with Crippen LogP contribution >= 0.6 is 0 Å². The van der Waals surface area contributed by atoms with E-state index in [0.29, 0.717) is 19.8 Å². The summed E-state index contributed by atoms with van der Waals surface area (Å²) in [5.41, 5.74) is 13.8. The first kappa shape index (κ1) is 41.5. The maximum Gasteiger partial charge on any atom is 0.186 e. The van der Waals surface area contributed by atoms with E-state index in [1.165, 1.54) is 0 Å². The summed E-state index contributed by atoms with van der Waals surface area (Å²) in [4.78, 5) is 3.20. The summed E-state index contributed by atoms with van der Waals surface area (Å²) in [6.07, 6.45) is -1.69. The third-order valence-electron chi connectivity index (χ3n) is 9.91. The third kappa shape index (κ3) is 12.2. The monoisotopic (exact) mass is 765 g/mol. The van der Waals surface area contributed by atoms with Crippen LogP contribution in [0.15, 0.2) is 126 Å². The van der Waals surface area contributed by atoms with Crippen LogP contribution in [0.3, 0.4) is 0 Å². The molecule has 6 rings (SSSR count). The largest absolute Gasteiger partial charge is 0.374 e. The Morgan fingerprint density at radius 1 is 0.643 bits per heavy atom. The van der Waals surface area contributed by atoms with Crippen molar-refractivity contribution in [2.24, 2.45) is 5.11 Å². The lowest BCUT2D eigenvalue weighted by atomic mass is 9.97. The summed E-state index contributed by atoms with van der Waals surface area (Å²) in [6, 6.07) is 39.3. The minimum Gasteiger partial charge on any atom is -0.374 e. The standard InChI is InChI=1S/C45H55N3O8/c1-4-5-26-38-40(56-45(2,3)55-38)37(47-48-46)31-53-44-43(52-30-36-24-16-9-17-25-36)42(51-29-35-22-14-8-15-23-35)41(50-28-34-20-12-7-13-21-34)39(54-44)32-49-27-33-18-10-6-11-19-33/h6-25,37-44H,4-5,26-32H2,1-3H3/t37-,38+,39?,40-,41?,42?,43?,44?/m0/s1. The number of hydrogen-bond donors (Lipinski definition) is 0. The highest BCUT2D eigenvalue weighted by Crippen LogP contribution is 2.36. The smallest absolute Gasteiger partial charge is 0.186 e. The van der Waals surface area contributed by atoms with Gasteiger partial charge in [-0.3, -0.25) is 0 Å². The summed E-state index contributed by atoms with van der Waals surface area (Å²) in [5.74, 6) is -0.837. The number of benzene rings is 4. The highest BCUT2D eigenvalue weighted by molar-refractivity contribution is 5.16. The first-order valence-electron chi connectivity index (χ1n) is 19.7. The zero-order chi connectivity index (χ0) is 39.0. The van der Waals surface area contributed by atoms with Gasteiger partial charge in [0.2, 0.25) is 0 Å². The first-order valence-corrected chi connectivity index (χ1v) is 19.7. The van der Waals surface area contributed by atoms with E-state index in [1.807, 2.05) is 135 Å². The average molecular weight is 766 g/mol. The van der Waals surface area contributed by atoms with Crippen LogP contribution in [-0.2, 0) is 64.3 Å². The van der Waals surface area contributed by atoms with Crippen molar-refractivity contribution in [3.63, 3.8) is 0 Å². The number of hydrogen-bond acceptors (Lipinski definition) is 9. The molecule has 2 saturated heterocycles. The Morgan fingerprint density at radius 2 is 1.14 bits per heavy atom. The quantitative estimate of drug-likeness (QED) is 0.0468. The van der Waals surface area contributed by atoms with Crippen molar-refractivity contribution in [1.29, 1.82) is 0 Å². The Bertz CT molecular complexity index is 1750. The summed E-state index contributed by atoms with van der Waals surface area (Å²) in [6.45, 7) is 7.34. The lowest BCUT2D eigenvalue weighted by Gasteiger charge is -2.46. The molecule has 0 aliphatic carbocycles. The fourth-order valence-electron chi connectivity index (χ4n) is 7.15. The minimum absolute atomic E-state index is 0.00874. The number of ether oxygens (including phenoxy) is 8. The van der Waals surface area contributed by atoms with Crippen LogP contribution in [-0.4, -0.2) is 68.0 Å². The Kier molecular flexibility index (Phi) is 15.9. The second kappa shape index (κ2) is 21.4. The highest BCUT2D eigenvalue weighted by atomic mass is 16.8. The molecule has 2 heterocycles. The van der Waals surface area contributed by atoms with E-state index in [1.54, 1.807) is 0 Å². The molecule has 0 N–H and O–H groups in total. The molecule has 0 amide bonds. The molecule has 4 aromatic carbocycles. The van der Waals surface area contributed by atoms with Crippen molar-refractivity contribution in [3.05, 3.63) is 154 Å². The lowest BCUT2D eigenvalue weighted by Crippen LogP contribution is -2.62. The molecule has 5 unspecified atom stereocenters. The summed E-state index contributed by atoms with van der Waals surface area (Å²) >= 11 is 0. The van der Waals surface area contributed by atoms with E-state index in [0.717, 1.165) is 41.5 Å². The van der Waals surface area contributed by atoms with E-state index in [9.17, 15) is 5.53 Å². The predicted octanol–water partition coefficient (Wildman–Crippen LogP) is 9.09. The SMILES string of the molecule is CCCC[C@H]1OC(C)(C)O[C@H]1[C@H](COC1OC(COCc2ccccc2)C(OCc2ccccc2)C(OCc2ccccc2)C1OCc1ccccc1)N=[N+]=[N-]. The molecular weight excluding hydrogens is 711 g/mol. The number of unbranched alkanes of at least 4 members (excludes halogenated alkanes) is 1. The molecule has 298 valence electrons. The number of azide groups is 1. The van der Waals surface area contributed by atoms with Gasteiger partial charge in [0.25, 0.3) is 0 Å². The van der Waals surface area contributed by atoms with Gasteiger partial charge in [0.05, 0.1) is 57.9 Å². The van der Waals surface area contributed by atoms with Crippen molar-refractivity contribution in [2.45, 2.75) is 121 Å². The van der Waals surface area contributed by atoms with E-state index in [2.05, 4.69) is 16.9 Å². The third-order valence-corrected chi connectivity index (χ3v) is 9.91. The van der Waals surface area contributed by atoms with Crippen molar-refractivity contribution in [2.75, 3.05) is 13.2 Å². The molecule has 0 saturated carbocycles. The van der Waals surface area contributed by atoms with Crippen LogP contribution in [0.2, 0.25) is 0 Å². The zero-order valence-corrected chi connectivity index (χ0v) is 32.6. The molecule has 2 fully saturated rings. The molecule has 0 radical (unpaired) electrons. The second-order valence-electron chi connectivity index (χ2n) is 14.7. The van der Waals surface area contributed by atoms with Crippen LogP contribution < -0.4 is 0 Å². The van der Waals surface area contributed by atoms with Crippen LogP contribution in [0.5, 0.6) is 0 Å². The van der Waals surface area contributed by atoms with E-state index in [-0.39, 0.29) is 25.9 Å². The molecule has 2 aliphatic rings. The zero-order valence-electron chi connectivity index (χ0n) is 32.6. The van der Waals surface area contributed by atoms with Gasteiger partial charge in [-0.2, -0.15) is 0 Å². The molecule has 11 heteroatoms. The summed E-state index contributed by atoms with van der Waals surface area (Å²) < 4.78 is 52.9. The van der Waals surface area contributed by atoms with E-state index in [4.69, 9.17) is 37.9 Å². The fourth-order valence-corrected chi connectivity index (χ4v) is 7.15. The Labute approximate surface area is 330 Å². The Morgan fingerprint density at radius 3 is 1.66 bits per heavy atom. The van der Waals surface area contributed by atoms with Crippen LogP contribution in [0, 0.1) is 0 Å². The maximum absolute atomic E-state index is 9.73. The van der Waals surface area contributed by atoms with E-state index < -0.39 is 48.6 Å². The Balaban J connectivity index is 1.31. The Hall–Kier alpha value is -4.13. The first-order chi connectivity index (χ1) is 27.4. The molecule has 2 aliphatic heterocycles. The van der Waals surface area contributed by atoms with Crippen LogP contribution in [0.4, 0.5) is 0 Å². The molecule has 0 bridgehead atoms. The summed E-state index contributed by atoms with van der Waals surface area (Å²) in [7, 11) is 0. The molecule has 11 nitrogen and oxygen atoms in total. The van der Waals surface area contributed by atoms with Crippen LogP contribution in [0.25, 0.3) is 10.4 Å². The number of nitrogens with zero attached hydrogens (tertiary/aromatic N) is 3. The van der Waals surface area contributed by atoms with Gasteiger partial charge >= 0.3 is 0 Å². The highest BCUT2D eigenvalue weighted by Gasteiger charge is 2.50. The summed E-state index contributed by atoms with van der Waals surface area (Å²) in [5, 5.41) is 4.18. The van der Waals surface area contributed by atoms with Gasteiger partial charge in [0.15, 0.2) is 12.1 Å². The van der Waals surface area contributed by atoms with Gasteiger partial charge in [-0.15, -0.1) is 0 Å². The minimum atomic E-state index is -0.956. The van der Waals surface area contributed by atoms with Gasteiger partial charge in [-0.1, -0.05) is 146 Å². The lowest BCUT2D eigenvalue weighted by molar-refractivity contribution is -0.329. The molecule has 4 aromatic rings. The van der Waals surface area contributed by atoms with Gasteiger partial charge in [0.1, 0.15) is 24.4 Å².